The van der Waals surface area contributed by atoms with Gasteiger partial charge in [0.1, 0.15) is 13.2 Å². The molecule has 1 unspecified atom stereocenters. The van der Waals surface area contributed by atoms with Crippen molar-refractivity contribution in [1.29, 1.82) is 0 Å². The summed E-state index contributed by atoms with van der Waals surface area (Å²) < 4.78 is 17.0. The van der Waals surface area contributed by atoms with E-state index < -0.39 is 6.10 Å². The molecule has 0 heterocycles. The number of carbonyl (C=O) groups excluding carboxylic acids is 3. The van der Waals surface area contributed by atoms with Gasteiger partial charge in [0.25, 0.3) is 0 Å². The van der Waals surface area contributed by atoms with E-state index in [1.807, 2.05) is 0 Å². The van der Waals surface area contributed by atoms with Gasteiger partial charge in [-0.2, -0.15) is 0 Å². The number of carbonyl (C=O) groups is 3. The molecule has 0 saturated carbocycles. The van der Waals surface area contributed by atoms with Crippen LogP contribution in [0, 0.1) is 0 Å². The molecule has 0 bridgehead atoms. The van der Waals surface area contributed by atoms with Crippen LogP contribution in [0.25, 0.3) is 0 Å². The Kier molecular flexibility index (Phi) is 67.2. The molecule has 0 aromatic heterocycles. The Balaban J connectivity index is 4.32. The van der Waals surface area contributed by atoms with E-state index in [-0.39, 0.29) is 31.1 Å². The highest BCUT2D eigenvalue weighted by Crippen LogP contribution is 2.18. The van der Waals surface area contributed by atoms with Gasteiger partial charge in [-0.25, -0.2) is 0 Å². The highest BCUT2D eigenvalue weighted by Gasteiger charge is 2.19. The number of unbranched alkanes of at least 4 members (excludes halogenated alkanes) is 40. The van der Waals surface area contributed by atoms with Gasteiger partial charge in [0.15, 0.2) is 6.10 Å². The van der Waals surface area contributed by atoms with Gasteiger partial charge in [-0.15, -0.1) is 0 Å². The van der Waals surface area contributed by atoms with Crippen LogP contribution in [0.15, 0.2) is 85.1 Å². The van der Waals surface area contributed by atoms with Crippen LogP contribution in [0.2, 0.25) is 0 Å². The second kappa shape index (κ2) is 70.1. The van der Waals surface area contributed by atoms with Gasteiger partial charge in [0, 0.05) is 19.3 Å². The van der Waals surface area contributed by atoms with Crippen molar-refractivity contribution >= 4 is 17.9 Å². The fraction of sp³-hybridized carbons (Fsp3) is 0.776. The average Bonchev–Trinajstić information content (AvgIpc) is 3.47. The number of hydrogen-bond acceptors (Lipinski definition) is 6. The molecular formula is C76H134O6. The van der Waals surface area contributed by atoms with E-state index in [2.05, 4.69) is 106 Å². The van der Waals surface area contributed by atoms with Crippen molar-refractivity contribution < 1.29 is 28.6 Å². The van der Waals surface area contributed by atoms with Crippen molar-refractivity contribution in [2.24, 2.45) is 0 Å². The lowest BCUT2D eigenvalue weighted by molar-refractivity contribution is -0.167. The summed E-state index contributed by atoms with van der Waals surface area (Å²) in [7, 11) is 0. The van der Waals surface area contributed by atoms with E-state index in [1.54, 1.807) is 0 Å². The minimum Gasteiger partial charge on any atom is -0.462 e. The first-order valence-electron chi connectivity index (χ1n) is 35.6. The topological polar surface area (TPSA) is 78.9 Å². The minimum atomic E-state index is -0.784. The molecule has 0 aliphatic carbocycles. The smallest absolute Gasteiger partial charge is 0.306 e. The zero-order chi connectivity index (χ0) is 59.2. The third kappa shape index (κ3) is 67.4. The van der Waals surface area contributed by atoms with Crippen molar-refractivity contribution in [2.75, 3.05) is 13.2 Å². The summed E-state index contributed by atoms with van der Waals surface area (Å²) in [6.07, 6.45) is 93.2. The number of esters is 3. The second-order valence-corrected chi connectivity index (χ2v) is 23.8. The fourth-order valence-electron chi connectivity index (χ4n) is 10.3. The van der Waals surface area contributed by atoms with Gasteiger partial charge in [0.05, 0.1) is 0 Å². The van der Waals surface area contributed by atoms with E-state index in [1.165, 1.54) is 212 Å². The maximum atomic E-state index is 13.0. The summed E-state index contributed by atoms with van der Waals surface area (Å²) in [5.41, 5.74) is 0. The van der Waals surface area contributed by atoms with Gasteiger partial charge in [-0.1, -0.05) is 331 Å². The number of allylic oxidation sites excluding steroid dienone is 14. The molecule has 0 spiro atoms. The average molecular weight is 1140 g/mol. The van der Waals surface area contributed by atoms with Crippen LogP contribution in [0.3, 0.4) is 0 Å². The van der Waals surface area contributed by atoms with Gasteiger partial charge in [-0.3, -0.25) is 14.4 Å². The maximum absolute atomic E-state index is 13.0. The lowest BCUT2D eigenvalue weighted by atomic mass is 10.0. The van der Waals surface area contributed by atoms with E-state index in [4.69, 9.17) is 14.2 Å². The number of rotatable bonds is 65. The lowest BCUT2D eigenvalue weighted by Gasteiger charge is -2.18. The van der Waals surface area contributed by atoms with Gasteiger partial charge >= 0.3 is 17.9 Å². The van der Waals surface area contributed by atoms with Crippen LogP contribution in [0.5, 0.6) is 0 Å². The summed E-state index contributed by atoms with van der Waals surface area (Å²) in [6, 6.07) is 0. The molecule has 0 N–H and O–H groups in total. The molecule has 6 nitrogen and oxygen atoms in total. The van der Waals surface area contributed by atoms with Gasteiger partial charge < -0.3 is 14.2 Å². The Labute approximate surface area is 509 Å². The van der Waals surface area contributed by atoms with Crippen LogP contribution in [0.4, 0.5) is 0 Å². The minimum absolute atomic E-state index is 0.0790. The van der Waals surface area contributed by atoms with Gasteiger partial charge in [-0.05, 0) is 96.3 Å². The van der Waals surface area contributed by atoms with Crippen LogP contribution in [-0.2, 0) is 28.6 Å². The molecule has 0 rings (SSSR count). The van der Waals surface area contributed by atoms with Gasteiger partial charge in [0.2, 0.25) is 0 Å². The van der Waals surface area contributed by atoms with Crippen molar-refractivity contribution in [3.05, 3.63) is 85.1 Å². The molecular weight excluding hydrogens is 1010 g/mol. The van der Waals surface area contributed by atoms with Crippen molar-refractivity contribution in [1.82, 2.24) is 0 Å². The second-order valence-electron chi connectivity index (χ2n) is 23.8. The van der Waals surface area contributed by atoms with E-state index in [0.717, 1.165) is 109 Å². The third-order valence-corrected chi connectivity index (χ3v) is 15.6. The van der Waals surface area contributed by atoms with Crippen LogP contribution in [0.1, 0.15) is 361 Å². The van der Waals surface area contributed by atoms with Crippen LogP contribution < -0.4 is 0 Å². The summed E-state index contributed by atoms with van der Waals surface area (Å²) >= 11 is 0. The Morgan fingerprint density at radius 2 is 0.476 bits per heavy atom. The molecule has 0 aliphatic heterocycles. The molecule has 0 aromatic rings. The normalized spacial score (nSPS) is 12.6. The first-order chi connectivity index (χ1) is 40.5. The first kappa shape index (κ1) is 78.6. The predicted molar refractivity (Wildman–Crippen MR) is 358 cm³/mol. The molecule has 1 atom stereocenters. The lowest BCUT2D eigenvalue weighted by Crippen LogP contribution is -2.30. The fourth-order valence-corrected chi connectivity index (χ4v) is 10.3. The first-order valence-corrected chi connectivity index (χ1v) is 35.6. The highest BCUT2D eigenvalue weighted by atomic mass is 16.6. The standard InChI is InChI=1S/C76H134O6/c1-4-7-10-13-16-19-22-25-28-31-33-35-36-37-38-39-40-42-43-45-48-51-54-57-60-63-66-69-75(78)81-72-73(71-80-74(77)68-65-62-59-56-53-50-47-30-27-24-21-18-15-12-9-6-3)82-76(79)70-67-64-61-58-55-52-49-46-44-41-34-32-29-26-23-20-17-14-11-8-5-2/h7,10,16,19,21,24-25,28,30,33,35,37-38,47,73H,4-6,8-9,11-15,17-18,20,22-23,26-27,29,31-32,34,36,39-46,48-72H2,1-3H3/b10-7-,19-16-,24-21-,28-25-,35-33-,38-37-,47-30-. The summed E-state index contributed by atoms with van der Waals surface area (Å²) in [6.45, 7) is 6.55. The zero-order valence-corrected chi connectivity index (χ0v) is 54.5. The number of hydrogen-bond donors (Lipinski definition) is 0. The summed E-state index contributed by atoms with van der Waals surface area (Å²) in [4.78, 5) is 38.5. The highest BCUT2D eigenvalue weighted by molar-refractivity contribution is 5.71. The molecule has 0 radical (unpaired) electrons. The molecule has 0 amide bonds. The Hall–Kier alpha value is -3.41. The molecule has 474 valence electrons. The SMILES string of the molecule is CC/C=C\C/C=C\C/C=C\C/C=C\C/C=C\CCCCCCCCCCCCCC(=O)OCC(COC(=O)CCCCCCC/C=C\C/C=C\CCCCCC)OC(=O)CCCCCCCCCCCCCCCCCCCCCCC. The molecule has 0 aromatic carbocycles. The largest absolute Gasteiger partial charge is 0.462 e. The molecule has 6 heteroatoms. The molecule has 0 fully saturated rings. The Bertz CT molecular complexity index is 1550. The van der Waals surface area contributed by atoms with Crippen molar-refractivity contribution in [3.63, 3.8) is 0 Å². The predicted octanol–water partition coefficient (Wildman–Crippen LogP) is 24.6. The number of ether oxygens (including phenoxy) is 3. The molecule has 0 saturated heterocycles. The van der Waals surface area contributed by atoms with Crippen molar-refractivity contribution in [2.45, 2.75) is 367 Å². The van der Waals surface area contributed by atoms with Crippen molar-refractivity contribution in [3.8, 4) is 0 Å². The molecule has 82 heavy (non-hydrogen) atoms. The van der Waals surface area contributed by atoms with E-state index in [0.29, 0.717) is 19.3 Å². The van der Waals surface area contributed by atoms with E-state index in [9.17, 15) is 14.4 Å². The summed E-state index contributed by atoms with van der Waals surface area (Å²) in [5.74, 6) is -0.874. The molecule has 0 aliphatic rings. The third-order valence-electron chi connectivity index (χ3n) is 15.6. The van der Waals surface area contributed by atoms with E-state index >= 15 is 0 Å². The quantitative estimate of drug-likeness (QED) is 0.0261. The zero-order valence-electron chi connectivity index (χ0n) is 54.5. The maximum Gasteiger partial charge on any atom is 0.306 e. The Morgan fingerprint density at radius 3 is 0.756 bits per heavy atom. The van der Waals surface area contributed by atoms with Crippen LogP contribution >= 0.6 is 0 Å². The summed E-state index contributed by atoms with van der Waals surface area (Å²) in [5, 5.41) is 0. The monoisotopic (exact) mass is 1140 g/mol. The Morgan fingerprint density at radius 1 is 0.256 bits per heavy atom. The van der Waals surface area contributed by atoms with Crippen LogP contribution in [-0.4, -0.2) is 37.2 Å².